The first-order chi connectivity index (χ1) is 13.2. The van der Waals surface area contributed by atoms with Gasteiger partial charge in [-0.25, -0.2) is 0 Å². The Morgan fingerprint density at radius 2 is 1.63 bits per heavy atom. The summed E-state index contributed by atoms with van der Waals surface area (Å²) in [6.07, 6.45) is 0. The summed E-state index contributed by atoms with van der Waals surface area (Å²) < 4.78 is 0. The van der Waals surface area contributed by atoms with Gasteiger partial charge in [-0.3, -0.25) is 4.79 Å². The Hall–Kier alpha value is -3.21. The molecule has 1 amide bonds. The van der Waals surface area contributed by atoms with Crippen molar-refractivity contribution in [2.45, 2.75) is 6.92 Å². The zero-order valence-corrected chi connectivity index (χ0v) is 15.4. The van der Waals surface area contributed by atoms with Crippen LogP contribution in [-0.4, -0.2) is 47.2 Å². The summed E-state index contributed by atoms with van der Waals surface area (Å²) in [6.45, 7) is 5.13. The second-order valence-electron chi connectivity index (χ2n) is 6.79. The predicted octanol–water partition coefficient (Wildman–Crippen LogP) is 3.41. The minimum Gasteiger partial charge on any atom is -0.368 e. The number of anilines is 1. The van der Waals surface area contributed by atoms with E-state index in [0.717, 1.165) is 24.3 Å². The van der Waals surface area contributed by atoms with Crippen molar-refractivity contribution in [1.82, 2.24) is 15.1 Å². The number of benzene rings is 2. The number of rotatable bonds is 3. The lowest BCUT2D eigenvalue weighted by Crippen LogP contribution is -2.49. The average molecular weight is 358 g/mol. The van der Waals surface area contributed by atoms with Gasteiger partial charge in [0.15, 0.2) is 5.69 Å². The summed E-state index contributed by atoms with van der Waals surface area (Å²) in [7, 11) is 0. The number of hydrogen-bond donors (Lipinski definition) is 0. The lowest BCUT2D eigenvalue weighted by molar-refractivity contribution is 0.0739. The molecule has 0 N–H and O–H groups in total. The van der Waals surface area contributed by atoms with Crippen molar-refractivity contribution in [3.63, 3.8) is 0 Å². The van der Waals surface area contributed by atoms with Gasteiger partial charge in [-0.05, 0) is 36.8 Å². The van der Waals surface area contributed by atoms with E-state index >= 15 is 0 Å². The molecule has 0 unspecified atom stereocenters. The van der Waals surface area contributed by atoms with Crippen molar-refractivity contribution in [1.29, 1.82) is 0 Å². The fourth-order valence-electron chi connectivity index (χ4n) is 3.36. The monoisotopic (exact) mass is 358 g/mol. The van der Waals surface area contributed by atoms with Gasteiger partial charge in [-0.1, -0.05) is 42.5 Å². The fraction of sp³-hybridized carbons (Fsp3) is 0.227. The van der Waals surface area contributed by atoms with E-state index in [1.54, 1.807) is 6.07 Å². The van der Waals surface area contributed by atoms with E-state index in [2.05, 4.69) is 46.3 Å². The zero-order chi connectivity index (χ0) is 18.6. The second kappa shape index (κ2) is 7.58. The van der Waals surface area contributed by atoms with E-state index in [0.29, 0.717) is 18.8 Å². The maximum atomic E-state index is 12.7. The Balaban J connectivity index is 1.41. The van der Waals surface area contributed by atoms with Gasteiger partial charge < -0.3 is 9.80 Å². The smallest absolute Gasteiger partial charge is 0.274 e. The van der Waals surface area contributed by atoms with Gasteiger partial charge in [0.05, 0.1) is 5.69 Å². The molecule has 0 bridgehead atoms. The van der Waals surface area contributed by atoms with Gasteiger partial charge in [0.2, 0.25) is 0 Å². The maximum Gasteiger partial charge on any atom is 0.274 e. The van der Waals surface area contributed by atoms with E-state index in [1.165, 1.54) is 11.3 Å². The Kier molecular flexibility index (Phi) is 4.83. The lowest BCUT2D eigenvalue weighted by Gasteiger charge is -2.36. The molecular formula is C22H22N4O. The number of nitrogens with zero attached hydrogens (tertiary/aromatic N) is 4. The van der Waals surface area contributed by atoms with Crippen LogP contribution >= 0.6 is 0 Å². The van der Waals surface area contributed by atoms with Crippen molar-refractivity contribution < 1.29 is 4.79 Å². The topological polar surface area (TPSA) is 49.3 Å². The molecule has 0 spiro atoms. The molecule has 0 radical (unpaired) electrons. The van der Waals surface area contributed by atoms with E-state index in [1.807, 2.05) is 41.3 Å². The molecule has 0 saturated carbocycles. The minimum absolute atomic E-state index is 0.0500. The fourth-order valence-corrected chi connectivity index (χ4v) is 3.36. The van der Waals surface area contributed by atoms with Gasteiger partial charge in [-0.2, -0.15) is 0 Å². The van der Waals surface area contributed by atoms with Crippen LogP contribution in [0.25, 0.3) is 11.3 Å². The molecular weight excluding hydrogens is 336 g/mol. The van der Waals surface area contributed by atoms with Crippen LogP contribution < -0.4 is 4.90 Å². The Morgan fingerprint density at radius 1 is 0.852 bits per heavy atom. The van der Waals surface area contributed by atoms with Gasteiger partial charge in [-0.15, -0.1) is 10.2 Å². The molecule has 3 aromatic rings. The molecule has 0 atom stereocenters. The first-order valence-corrected chi connectivity index (χ1v) is 9.21. The molecule has 136 valence electrons. The average Bonchev–Trinajstić information content (AvgIpc) is 2.74. The second-order valence-corrected chi connectivity index (χ2v) is 6.79. The summed E-state index contributed by atoms with van der Waals surface area (Å²) in [5.74, 6) is -0.0500. The Bertz CT molecular complexity index is 917. The molecule has 27 heavy (non-hydrogen) atoms. The molecule has 1 aromatic heterocycles. The van der Waals surface area contributed by atoms with Crippen molar-refractivity contribution in [2.75, 3.05) is 31.1 Å². The van der Waals surface area contributed by atoms with Gasteiger partial charge in [0.25, 0.3) is 5.91 Å². The maximum absolute atomic E-state index is 12.7. The molecule has 1 aliphatic rings. The number of carbonyl (C=O) groups excluding carboxylic acids is 1. The van der Waals surface area contributed by atoms with Crippen molar-refractivity contribution in [3.05, 3.63) is 78.0 Å². The van der Waals surface area contributed by atoms with E-state index in [9.17, 15) is 4.79 Å². The molecule has 2 heterocycles. The molecule has 4 rings (SSSR count). The number of carbonyl (C=O) groups is 1. The first-order valence-electron chi connectivity index (χ1n) is 9.21. The van der Waals surface area contributed by atoms with Crippen LogP contribution in [0.5, 0.6) is 0 Å². The molecule has 5 heteroatoms. The van der Waals surface area contributed by atoms with Gasteiger partial charge in [0, 0.05) is 37.4 Å². The Morgan fingerprint density at radius 3 is 2.30 bits per heavy atom. The van der Waals surface area contributed by atoms with E-state index in [-0.39, 0.29) is 5.91 Å². The van der Waals surface area contributed by atoms with E-state index < -0.39 is 0 Å². The molecule has 0 aliphatic carbocycles. The highest BCUT2D eigenvalue weighted by atomic mass is 16.2. The molecule has 5 nitrogen and oxygen atoms in total. The first kappa shape index (κ1) is 17.2. The highest BCUT2D eigenvalue weighted by Gasteiger charge is 2.23. The molecule has 1 aliphatic heterocycles. The van der Waals surface area contributed by atoms with Crippen LogP contribution in [0.3, 0.4) is 0 Å². The number of aryl methyl sites for hydroxylation is 1. The zero-order valence-electron chi connectivity index (χ0n) is 15.4. The van der Waals surface area contributed by atoms with Gasteiger partial charge in [0.1, 0.15) is 0 Å². The minimum atomic E-state index is -0.0500. The molecule has 2 aromatic carbocycles. The van der Waals surface area contributed by atoms with E-state index in [4.69, 9.17) is 0 Å². The van der Waals surface area contributed by atoms with Crippen molar-refractivity contribution in [2.24, 2.45) is 0 Å². The third-order valence-corrected chi connectivity index (χ3v) is 4.89. The highest BCUT2D eigenvalue weighted by Crippen LogP contribution is 2.19. The summed E-state index contributed by atoms with van der Waals surface area (Å²) >= 11 is 0. The largest absolute Gasteiger partial charge is 0.368 e. The highest BCUT2D eigenvalue weighted by molar-refractivity contribution is 5.92. The van der Waals surface area contributed by atoms with Crippen LogP contribution in [0.4, 0.5) is 5.69 Å². The number of piperazine rings is 1. The SMILES string of the molecule is Cc1cccc(N2CCN(C(=O)c3ccc(-c4ccccc4)nn3)CC2)c1. The van der Waals surface area contributed by atoms with Gasteiger partial charge >= 0.3 is 0 Å². The van der Waals surface area contributed by atoms with Crippen LogP contribution in [0.15, 0.2) is 66.7 Å². The summed E-state index contributed by atoms with van der Waals surface area (Å²) in [5.41, 5.74) is 4.64. The number of aromatic nitrogens is 2. The van der Waals surface area contributed by atoms with Crippen LogP contribution in [0.2, 0.25) is 0 Å². The molecule has 1 fully saturated rings. The number of amides is 1. The van der Waals surface area contributed by atoms with Crippen LogP contribution in [0, 0.1) is 6.92 Å². The predicted molar refractivity (Wildman–Crippen MR) is 107 cm³/mol. The normalized spacial score (nSPS) is 14.3. The summed E-state index contributed by atoms with van der Waals surface area (Å²) in [4.78, 5) is 16.9. The quantitative estimate of drug-likeness (QED) is 0.720. The lowest BCUT2D eigenvalue weighted by atomic mass is 10.1. The summed E-state index contributed by atoms with van der Waals surface area (Å²) in [6, 6.07) is 22.0. The third-order valence-electron chi connectivity index (χ3n) is 4.89. The van der Waals surface area contributed by atoms with Crippen LogP contribution in [-0.2, 0) is 0 Å². The number of hydrogen-bond acceptors (Lipinski definition) is 4. The van der Waals surface area contributed by atoms with Crippen molar-refractivity contribution >= 4 is 11.6 Å². The molecule has 1 saturated heterocycles. The van der Waals surface area contributed by atoms with Crippen LogP contribution in [0.1, 0.15) is 16.1 Å². The third kappa shape index (κ3) is 3.82. The summed E-state index contributed by atoms with van der Waals surface area (Å²) in [5, 5.41) is 8.39. The Labute approximate surface area is 159 Å². The van der Waals surface area contributed by atoms with Crippen molar-refractivity contribution in [3.8, 4) is 11.3 Å². The standard InChI is InChI=1S/C22H22N4O/c1-17-6-5-9-19(16-17)25-12-14-26(15-13-25)22(27)21-11-10-20(23-24-21)18-7-3-2-4-8-18/h2-11,16H,12-15H2,1H3.